The zero-order valence-electron chi connectivity index (χ0n) is 12.3. The van der Waals surface area contributed by atoms with Crippen LogP contribution in [0.3, 0.4) is 0 Å². The molecule has 1 unspecified atom stereocenters. The number of fused-ring (bicyclic) bond motifs is 1. The summed E-state index contributed by atoms with van der Waals surface area (Å²) in [5.74, 6) is 0.0784. The van der Waals surface area contributed by atoms with Crippen molar-refractivity contribution in [2.24, 2.45) is 0 Å². The topological polar surface area (TPSA) is 45.2 Å². The zero-order chi connectivity index (χ0) is 14.8. The van der Waals surface area contributed by atoms with E-state index in [1.54, 1.807) is 16.2 Å². The molecule has 4 nitrogen and oxygen atoms in total. The Hall–Kier alpha value is -1.72. The Bertz CT molecular complexity index is 652. The highest BCUT2D eigenvalue weighted by Crippen LogP contribution is 2.26. The number of aryl methyl sites for hydroxylation is 1. The molecule has 1 aromatic carbocycles. The number of benzene rings is 1. The lowest BCUT2D eigenvalue weighted by Crippen LogP contribution is -2.39. The quantitative estimate of drug-likeness (QED) is 0.946. The van der Waals surface area contributed by atoms with E-state index in [9.17, 15) is 4.79 Å². The van der Waals surface area contributed by atoms with Gasteiger partial charge in [-0.3, -0.25) is 4.79 Å². The summed E-state index contributed by atoms with van der Waals surface area (Å²) >= 11 is 1.65. The molecule has 1 atom stereocenters. The van der Waals surface area contributed by atoms with Gasteiger partial charge in [0.1, 0.15) is 0 Å². The monoisotopic (exact) mass is 301 g/mol. The maximum Gasteiger partial charge on any atom is 0.231 e. The van der Waals surface area contributed by atoms with Gasteiger partial charge in [0, 0.05) is 31.2 Å². The maximum atomic E-state index is 12.7. The molecule has 0 fully saturated rings. The molecule has 1 aromatic heterocycles. The van der Waals surface area contributed by atoms with Crippen molar-refractivity contribution in [1.82, 2.24) is 15.2 Å². The van der Waals surface area contributed by atoms with E-state index in [0.29, 0.717) is 13.1 Å². The number of likely N-dealkylation sites (N-methyl/N-ethyl adjacent to an activating group) is 1. The predicted octanol–water partition coefficient (Wildman–Crippen LogP) is 2.30. The molecule has 110 valence electrons. The summed E-state index contributed by atoms with van der Waals surface area (Å²) in [6.45, 7) is 4.17. The van der Waals surface area contributed by atoms with Crippen LogP contribution >= 0.6 is 11.3 Å². The Morgan fingerprint density at radius 3 is 3.05 bits per heavy atom. The van der Waals surface area contributed by atoms with Crippen LogP contribution in [0.1, 0.15) is 26.9 Å². The number of rotatable bonds is 3. The van der Waals surface area contributed by atoms with Gasteiger partial charge in [-0.25, -0.2) is 4.98 Å². The predicted molar refractivity (Wildman–Crippen MR) is 84.2 cm³/mol. The fourth-order valence-electron chi connectivity index (χ4n) is 2.77. The Morgan fingerprint density at radius 2 is 2.29 bits per heavy atom. The minimum absolute atomic E-state index is 0.0889. The second-order valence-corrected chi connectivity index (χ2v) is 6.74. The summed E-state index contributed by atoms with van der Waals surface area (Å²) in [5.41, 5.74) is 2.39. The standard InChI is InChI=1S/C16H19N3OS/c1-11-18-8-13(21-11)10-19(2)16(20)15-9-17-7-12-5-3-4-6-14(12)15/h3-6,8,15,17H,7,9-10H2,1-2H3. The number of carbonyl (C=O) groups is 1. The van der Waals surface area contributed by atoms with Gasteiger partial charge in [-0.2, -0.15) is 0 Å². The van der Waals surface area contributed by atoms with Crippen molar-refractivity contribution in [3.63, 3.8) is 0 Å². The number of aromatic nitrogens is 1. The van der Waals surface area contributed by atoms with Crippen molar-refractivity contribution in [3.8, 4) is 0 Å². The van der Waals surface area contributed by atoms with Crippen molar-refractivity contribution in [3.05, 3.63) is 51.5 Å². The number of carbonyl (C=O) groups excluding carboxylic acids is 1. The highest BCUT2D eigenvalue weighted by Gasteiger charge is 2.28. The summed E-state index contributed by atoms with van der Waals surface area (Å²) in [5, 5.41) is 4.38. The van der Waals surface area contributed by atoms with Crippen molar-refractivity contribution in [2.45, 2.75) is 25.9 Å². The third-order valence-corrected chi connectivity index (χ3v) is 4.73. The molecule has 0 saturated carbocycles. The number of hydrogen-bond donors (Lipinski definition) is 1. The highest BCUT2D eigenvalue weighted by atomic mass is 32.1. The van der Waals surface area contributed by atoms with Gasteiger partial charge in [-0.05, 0) is 18.1 Å². The van der Waals surface area contributed by atoms with E-state index < -0.39 is 0 Å². The van der Waals surface area contributed by atoms with Gasteiger partial charge < -0.3 is 10.2 Å². The van der Waals surface area contributed by atoms with Crippen LogP contribution in [0.2, 0.25) is 0 Å². The summed E-state index contributed by atoms with van der Waals surface area (Å²) in [6, 6.07) is 8.20. The molecule has 1 N–H and O–H groups in total. The van der Waals surface area contributed by atoms with Crippen LogP contribution in [0.15, 0.2) is 30.5 Å². The van der Waals surface area contributed by atoms with Gasteiger partial charge in [-0.15, -0.1) is 11.3 Å². The Balaban J connectivity index is 1.76. The molecule has 5 heteroatoms. The van der Waals surface area contributed by atoms with Gasteiger partial charge in [0.25, 0.3) is 0 Å². The molecule has 1 amide bonds. The molecule has 3 rings (SSSR count). The lowest BCUT2D eigenvalue weighted by atomic mass is 9.90. The zero-order valence-corrected chi connectivity index (χ0v) is 13.1. The summed E-state index contributed by atoms with van der Waals surface area (Å²) in [7, 11) is 1.87. The van der Waals surface area contributed by atoms with Crippen LogP contribution in [0, 0.1) is 6.92 Å². The summed E-state index contributed by atoms with van der Waals surface area (Å²) < 4.78 is 0. The SMILES string of the molecule is Cc1ncc(CN(C)C(=O)C2CNCc3ccccc32)s1. The Kier molecular flexibility index (Phi) is 4.03. The van der Waals surface area contributed by atoms with Gasteiger partial charge in [0.15, 0.2) is 0 Å². The van der Waals surface area contributed by atoms with Crippen molar-refractivity contribution < 1.29 is 4.79 Å². The number of amides is 1. The smallest absolute Gasteiger partial charge is 0.231 e. The minimum atomic E-state index is -0.0889. The lowest BCUT2D eigenvalue weighted by molar-refractivity contribution is -0.132. The van der Waals surface area contributed by atoms with E-state index in [0.717, 1.165) is 22.0 Å². The first kappa shape index (κ1) is 14.2. The Labute approximate surface area is 128 Å². The molecule has 0 radical (unpaired) electrons. The first-order chi connectivity index (χ1) is 10.1. The van der Waals surface area contributed by atoms with Crippen LogP contribution in [0.4, 0.5) is 0 Å². The third kappa shape index (κ3) is 2.99. The third-order valence-electron chi connectivity index (χ3n) is 3.83. The van der Waals surface area contributed by atoms with Gasteiger partial charge in [0.05, 0.1) is 17.5 Å². The maximum absolute atomic E-state index is 12.7. The Morgan fingerprint density at radius 1 is 1.48 bits per heavy atom. The van der Waals surface area contributed by atoms with E-state index in [1.165, 1.54) is 5.56 Å². The van der Waals surface area contributed by atoms with Crippen LogP contribution < -0.4 is 5.32 Å². The van der Waals surface area contributed by atoms with Gasteiger partial charge >= 0.3 is 0 Å². The minimum Gasteiger partial charge on any atom is -0.340 e. The first-order valence-electron chi connectivity index (χ1n) is 7.10. The van der Waals surface area contributed by atoms with Crippen LogP contribution in [-0.2, 0) is 17.9 Å². The first-order valence-corrected chi connectivity index (χ1v) is 7.91. The van der Waals surface area contributed by atoms with E-state index in [1.807, 2.05) is 32.3 Å². The second-order valence-electron chi connectivity index (χ2n) is 5.42. The average molecular weight is 301 g/mol. The van der Waals surface area contributed by atoms with E-state index in [2.05, 4.69) is 22.4 Å². The van der Waals surface area contributed by atoms with Crippen molar-refractivity contribution >= 4 is 17.2 Å². The molecule has 21 heavy (non-hydrogen) atoms. The molecule has 2 heterocycles. The molecule has 0 bridgehead atoms. The molecule has 0 spiro atoms. The molecule has 0 aliphatic carbocycles. The molecule has 1 aliphatic rings. The molecule has 2 aromatic rings. The van der Waals surface area contributed by atoms with Gasteiger partial charge in [0.2, 0.25) is 5.91 Å². The molecule has 1 aliphatic heterocycles. The van der Waals surface area contributed by atoms with Crippen LogP contribution in [-0.4, -0.2) is 29.4 Å². The molecular formula is C16H19N3OS. The summed E-state index contributed by atoms with van der Waals surface area (Å²) in [4.78, 5) is 19.9. The van der Waals surface area contributed by atoms with E-state index in [4.69, 9.17) is 0 Å². The van der Waals surface area contributed by atoms with E-state index >= 15 is 0 Å². The average Bonchev–Trinajstić information content (AvgIpc) is 2.91. The lowest BCUT2D eigenvalue weighted by Gasteiger charge is -2.29. The number of nitrogens with zero attached hydrogens (tertiary/aromatic N) is 2. The highest BCUT2D eigenvalue weighted by molar-refractivity contribution is 7.11. The van der Waals surface area contributed by atoms with E-state index in [-0.39, 0.29) is 11.8 Å². The second kappa shape index (κ2) is 5.95. The largest absolute Gasteiger partial charge is 0.340 e. The number of nitrogens with one attached hydrogen (secondary N) is 1. The van der Waals surface area contributed by atoms with Crippen molar-refractivity contribution in [2.75, 3.05) is 13.6 Å². The fraction of sp³-hybridized carbons (Fsp3) is 0.375. The van der Waals surface area contributed by atoms with Gasteiger partial charge in [-0.1, -0.05) is 24.3 Å². The summed E-state index contributed by atoms with van der Waals surface area (Å²) in [6.07, 6.45) is 1.86. The number of thiazole rings is 1. The van der Waals surface area contributed by atoms with Crippen LogP contribution in [0.5, 0.6) is 0 Å². The molecular weight excluding hydrogens is 282 g/mol. The number of hydrogen-bond acceptors (Lipinski definition) is 4. The van der Waals surface area contributed by atoms with Crippen LogP contribution in [0.25, 0.3) is 0 Å². The normalized spacial score (nSPS) is 17.3. The fourth-order valence-corrected chi connectivity index (χ4v) is 3.62. The van der Waals surface area contributed by atoms with Crippen molar-refractivity contribution in [1.29, 1.82) is 0 Å². The molecule has 0 saturated heterocycles.